The lowest BCUT2D eigenvalue weighted by molar-refractivity contribution is -0.144. The molecule has 0 saturated carbocycles. The molecular weight excluding hydrogens is 567 g/mol. The molecule has 0 bridgehead atoms. The quantitative estimate of drug-likeness (QED) is 0.104. The van der Waals surface area contributed by atoms with Gasteiger partial charge in [-0.25, -0.2) is 14.2 Å². The number of para-hydroxylation sites is 1. The van der Waals surface area contributed by atoms with Crippen LogP contribution < -0.4 is 20.9 Å². The van der Waals surface area contributed by atoms with E-state index >= 15 is 0 Å². The fourth-order valence-corrected chi connectivity index (χ4v) is 5.49. The Balaban J connectivity index is 1.94. The minimum atomic E-state index is -4.57. The predicted octanol–water partition coefficient (Wildman–Crippen LogP) is 1.40. The number of rotatable bonds is 12. The van der Waals surface area contributed by atoms with E-state index in [1.54, 1.807) is 6.92 Å². The Kier molecular flexibility index (Phi) is 10.1. The zero-order valence-corrected chi connectivity index (χ0v) is 23.3. The third-order valence-corrected chi connectivity index (χ3v) is 7.66. The minimum absolute atomic E-state index is 0.0354. The second-order valence-corrected chi connectivity index (χ2v) is 10.6. The van der Waals surface area contributed by atoms with Crippen LogP contribution in [0.5, 0.6) is 5.75 Å². The second kappa shape index (κ2) is 13.1. The molecule has 41 heavy (non-hydrogen) atoms. The fraction of sp³-hybridized carbons (Fsp3) is 0.478. The number of benzene rings is 1. The Morgan fingerprint density at radius 1 is 1.34 bits per heavy atom. The molecule has 0 spiro atoms. The molecule has 1 fully saturated rings. The highest BCUT2D eigenvalue weighted by molar-refractivity contribution is 7.52. The number of methoxy groups -OCH3 is 1. The van der Waals surface area contributed by atoms with Crippen LogP contribution >= 0.6 is 7.75 Å². The smallest absolute Gasteiger partial charge is 0.459 e. The van der Waals surface area contributed by atoms with Crippen LogP contribution in [0.1, 0.15) is 37.4 Å². The summed E-state index contributed by atoms with van der Waals surface area (Å²) in [5.41, 5.74) is 5.65. The number of nitrogens with zero attached hydrogens (tertiary/aromatic N) is 4. The predicted molar refractivity (Wildman–Crippen MR) is 140 cm³/mol. The van der Waals surface area contributed by atoms with Gasteiger partial charge in [0.2, 0.25) is 0 Å². The van der Waals surface area contributed by atoms with Crippen LogP contribution in [-0.4, -0.2) is 70.7 Å². The number of aliphatic hydroxyl groups is 1. The van der Waals surface area contributed by atoms with Crippen molar-refractivity contribution in [3.8, 4) is 5.75 Å². The summed E-state index contributed by atoms with van der Waals surface area (Å²) < 4.78 is 41.4. The number of nitrogens with one attached hydrogen (secondary N) is 2. The molecule has 1 aromatic carbocycles. The van der Waals surface area contributed by atoms with Gasteiger partial charge in [0.1, 0.15) is 29.0 Å². The van der Waals surface area contributed by atoms with Crippen molar-refractivity contribution < 1.29 is 42.5 Å². The van der Waals surface area contributed by atoms with Gasteiger partial charge >= 0.3 is 25.4 Å². The molecule has 1 aromatic heterocycles. The van der Waals surface area contributed by atoms with E-state index in [4.69, 9.17) is 28.8 Å². The van der Waals surface area contributed by atoms with Gasteiger partial charge in [-0.05, 0) is 38.4 Å². The summed E-state index contributed by atoms with van der Waals surface area (Å²) in [5, 5.41) is 17.1. The molecule has 6 atom stereocenters. The standard InChI is InChI=1S/C23H29N6O11P/c1-5-37-19(32)13(2)26-41(35,40-15-9-7-6-8-14(15)20(33)36-4)38-12-16-18(31)23(3,27-28-24)21(39-16)29-11-10-17(30)25-22(29)34/h6-11,13,16,18,21,31H,5,12H2,1-4H3,(H,26,35)(H,25,30,34)/t13-,16+,18+,21+,23+,41?/m0/s1. The average Bonchev–Trinajstić information content (AvgIpc) is 3.17. The van der Waals surface area contributed by atoms with E-state index in [2.05, 4.69) is 15.1 Å². The third-order valence-electron chi connectivity index (χ3n) is 6.03. The summed E-state index contributed by atoms with van der Waals surface area (Å²) in [7, 11) is -3.43. The summed E-state index contributed by atoms with van der Waals surface area (Å²) in [6, 6.07) is 5.47. The number of hydrogen-bond donors (Lipinski definition) is 3. The lowest BCUT2D eigenvalue weighted by Crippen LogP contribution is -2.45. The van der Waals surface area contributed by atoms with Crippen molar-refractivity contribution in [2.45, 2.75) is 50.8 Å². The summed E-state index contributed by atoms with van der Waals surface area (Å²) in [5.74, 6) is -1.80. The van der Waals surface area contributed by atoms with Crippen LogP contribution in [0, 0.1) is 0 Å². The van der Waals surface area contributed by atoms with Crippen LogP contribution in [0.4, 0.5) is 0 Å². The molecule has 3 N–H and O–H groups in total. The van der Waals surface area contributed by atoms with Crippen molar-refractivity contribution in [2.75, 3.05) is 20.3 Å². The molecule has 3 rings (SSSR count). The number of aromatic nitrogens is 2. The van der Waals surface area contributed by atoms with Gasteiger partial charge in [0, 0.05) is 17.2 Å². The Hall–Kier alpha value is -3.98. The molecule has 2 heterocycles. The fourth-order valence-electron chi connectivity index (χ4n) is 3.97. The van der Waals surface area contributed by atoms with Gasteiger partial charge in [-0.1, -0.05) is 17.2 Å². The normalized spacial score (nSPS) is 24.0. The van der Waals surface area contributed by atoms with Gasteiger partial charge in [-0.15, -0.1) is 0 Å². The molecular formula is C23H29N6O11P. The maximum atomic E-state index is 13.9. The van der Waals surface area contributed by atoms with E-state index in [-0.39, 0.29) is 17.9 Å². The molecule has 1 aliphatic heterocycles. The third kappa shape index (κ3) is 7.03. The highest BCUT2D eigenvalue weighted by atomic mass is 31.2. The molecule has 2 aromatic rings. The molecule has 1 aliphatic rings. The summed E-state index contributed by atoms with van der Waals surface area (Å²) in [6.07, 6.45) is -3.33. The number of esters is 2. The van der Waals surface area contributed by atoms with Crippen molar-refractivity contribution in [1.29, 1.82) is 0 Å². The van der Waals surface area contributed by atoms with Crippen molar-refractivity contribution >= 4 is 19.7 Å². The number of hydrogen-bond acceptors (Lipinski definition) is 12. The summed E-state index contributed by atoms with van der Waals surface area (Å²) in [4.78, 5) is 53.2. The zero-order chi connectivity index (χ0) is 30.4. The molecule has 17 nitrogen and oxygen atoms in total. The van der Waals surface area contributed by atoms with E-state index in [1.165, 1.54) is 38.1 Å². The van der Waals surface area contributed by atoms with E-state index in [9.17, 15) is 28.8 Å². The molecule has 1 unspecified atom stereocenters. The molecule has 0 aliphatic carbocycles. The van der Waals surface area contributed by atoms with Crippen LogP contribution in [0.3, 0.4) is 0 Å². The highest BCUT2D eigenvalue weighted by Crippen LogP contribution is 2.48. The average molecular weight is 596 g/mol. The Labute approximate surface area is 232 Å². The monoisotopic (exact) mass is 596 g/mol. The number of aromatic amines is 1. The maximum absolute atomic E-state index is 13.9. The van der Waals surface area contributed by atoms with Crippen LogP contribution in [0.2, 0.25) is 0 Å². The van der Waals surface area contributed by atoms with Gasteiger partial charge in [-0.2, -0.15) is 5.09 Å². The van der Waals surface area contributed by atoms with Gasteiger partial charge < -0.3 is 23.8 Å². The van der Waals surface area contributed by atoms with Crippen molar-refractivity contribution in [3.05, 3.63) is 73.4 Å². The van der Waals surface area contributed by atoms with Crippen molar-refractivity contribution in [3.63, 3.8) is 0 Å². The Bertz CT molecular complexity index is 1490. The van der Waals surface area contributed by atoms with Gasteiger partial charge in [-0.3, -0.25) is 23.7 Å². The first-order valence-electron chi connectivity index (χ1n) is 12.2. The van der Waals surface area contributed by atoms with E-state index in [1.807, 2.05) is 4.98 Å². The molecule has 0 amide bonds. The Morgan fingerprint density at radius 2 is 2.05 bits per heavy atom. The number of aliphatic hydroxyl groups excluding tert-OH is 1. The number of azide groups is 1. The van der Waals surface area contributed by atoms with Crippen LogP contribution in [-0.2, 0) is 28.1 Å². The lowest BCUT2D eigenvalue weighted by Gasteiger charge is -2.28. The molecule has 0 radical (unpaired) electrons. The number of carbonyl (C=O) groups is 2. The molecule has 1 saturated heterocycles. The topological polar surface area (TPSA) is 233 Å². The van der Waals surface area contributed by atoms with Crippen molar-refractivity contribution in [1.82, 2.24) is 14.6 Å². The SMILES string of the molecule is CCOC(=O)[C@H](C)NP(=O)(OC[C@H]1O[C@@H](n2ccc(=O)[nH]c2=O)[C@](C)(N=[N+]=[N-])[C@@H]1O)Oc1ccccc1C(=O)OC. The maximum Gasteiger partial charge on any atom is 0.459 e. The number of ether oxygens (including phenoxy) is 3. The van der Waals surface area contributed by atoms with Gasteiger partial charge in [0.05, 0.1) is 26.4 Å². The number of H-pyrrole nitrogens is 1. The summed E-state index contributed by atoms with van der Waals surface area (Å²) >= 11 is 0. The first-order valence-corrected chi connectivity index (χ1v) is 13.7. The largest absolute Gasteiger partial charge is 0.465 e. The minimum Gasteiger partial charge on any atom is -0.465 e. The van der Waals surface area contributed by atoms with Crippen molar-refractivity contribution in [2.24, 2.45) is 5.11 Å². The highest BCUT2D eigenvalue weighted by Gasteiger charge is 2.55. The molecule has 222 valence electrons. The van der Waals surface area contributed by atoms with Gasteiger partial charge in [0.15, 0.2) is 6.23 Å². The van der Waals surface area contributed by atoms with Gasteiger partial charge in [0.25, 0.3) is 5.56 Å². The summed E-state index contributed by atoms with van der Waals surface area (Å²) in [6.45, 7) is 3.57. The molecule has 18 heteroatoms. The van der Waals surface area contributed by atoms with E-state index in [0.29, 0.717) is 0 Å². The number of carbonyl (C=O) groups excluding carboxylic acids is 2. The first kappa shape index (κ1) is 31.5. The zero-order valence-electron chi connectivity index (χ0n) is 22.5. The van der Waals surface area contributed by atoms with Crippen LogP contribution in [0.25, 0.3) is 10.4 Å². The lowest BCUT2D eigenvalue weighted by atomic mass is 9.93. The Morgan fingerprint density at radius 3 is 2.68 bits per heavy atom. The van der Waals surface area contributed by atoms with E-state index < -0.39 is 67.6 Å². The second-order valence-electron chi connectivity index (χ2n) is 8.88. The van der Waals surface area contributed by atoms with E-state index in [0.717, 1.165) is 23.9 Å². The first-order chi connectivity index (χ1) is 19.4. The van der Waals surface area contributed by atoms with Crippen LogP contribution in [0.15, 0.2) is 51.2 Å².